The lowest BCUT2D eigenvalue weighted by atomic mass is 9.97. The fourth-order valence-corrected chi connectivity index (χ4v) is 2.65. The molecule has 0 amide bonds. The molecule has 2 heteroatoms. The van der Waals surface area contributed by atoms with Gasteiger partial charge >= 0.3 is 0 Å². The molecule has 0 aliphatic heterocycles. The number of methoxy groups -OCH3 is 1. The van der Waals surface area contributed by atoms with E-state index in [2.05, 4.69) is 6.58 Å². The maximum Gasteiger partial charge on any atom is 0.194 e. The van der Waals surface area contributed by atoms with Crippen molar-refractivity contribution in [3.8, 4) is 11.1 Å². The Labute approximate surface area is 112 Å². The highest BCUT2D eigenvalue weighted by molar-refractivity contribution is 6.22. The zero-order valence-corrected chi connectivity index (χ0v) is 11.0. The van der Waals surface area contributed by atoms with E-state index in [0.29, 0.717) is 5.76 Å². The first-order chi connectivity index (χ1) is 9.13. The average molecular weight is 250 g/mol. The van der Waals surface area contributed by atoms with E-state index >= 15 is 0 Å². The number of rotatable bonds is 2. The molecule has 3 rings (SSSR count). The molecule has 0 fully saturated rings. The Kier molecular flexibility index (Phi) is 2.53. The Morgan fingerprint density at radius 2 is 1.79 bits per heavy atom. The van der Waals surface area contributed by atoms with Gasteiger partial charge in [0.1, 0.15) is 5.76 Å². The molecule has 94 valence electrons. The summed E-state index contributed by atoms with van der Waals surface area (Å²) < 4.78 is 5.16. The van der Waals surface area contributed by atoms with Gasteiger partial charge in [-0.2, -0.15) is 0 Å². The van der Waals surface area contributed by atoms with Gasteiger partial charge in [0, 0.05) is 16.7 Å². The molecule has 0 spiro atoms. The lowest BCUT2D eigenvalue weighted by Gasteiger charge is -2.10. The van der Waals surface area contributed by atoms with E-state index < -0.39 is 0 Å². The third-order valence-electron chi connectivity index (χ3n) is 3.59. The maximum atomic E-state index is 12.4. The fourth-order valence-electron chi connectivity index (χ4n) is 2.65. The SMILES string of the molecule is C=C(OC)c1cc(C)c2c(c1)C(=O)c1ccccc1-2. The van der Waals surface area contributed by atoms with E-state index in [-0.39, 0.29) is 5.78 Å². The normalized spacial score (nSPS) is 12.0. The van der Waals surface area contributed by atoms with E-state index in [4.69, 9.17) is 4.74 Å². The molecule has 0 radical (unpaired) electrons. The monoisotopic (exact) mass is 250 g/mol. The van der Waals surface area contributed by atoms with Crippen LogP contribution in [0.1, 0.15) is 27.0 Å². The van der Waals surface area contributed by atoms with Crippen LogP contribution < -0.4 is 0 Å². The van der Waals surface area contributed by atoms with Crippen LogP contribution in [0.5, 0.6) is 0 Å². The average Bonchev–Trinajstić information content (AvgIpc) is 2.72. The van der Waals surface area contributed by atoms with Gasteiger partial charge in [0.25, 0.3) is 0 Å². The van der Waals surface area contributed by atoms with Crippen molar-refractivity contribution < 1.29 is 9.53 Å². The summed E-state index contributed by atoms with van der Waals surface area (Å²) in [5.74, 6) is 0.661. The predicted molar refractivity (Wildman–Crippen MR) is 76.1 cm³/mol. The molecular weight excluding hydrogens is 236 g/mol. The second-order valence-electron chi connectivity index (χ2n) is 4.72. The van der Waals surface area contributed by atoms with Gasteiger partial charge in [-0.1, -0.05) is 30.8 Å². The van der Waals surface area contributed by atoms with Gasteiger partial charge < -0.3 is 4.74 Å². The molecule has 0 saturated heterocycles. The predicted octanol–water partition coefficient (Wildman–Crippen LogP) is 3.82. The Hall–Kier alpha value is -2.35. The highest BCUT2D eigenvalue weighted by Crippen LogP contribution is 2.40. The molecule has 19 heavy (non-hydrogen) atoms. The van der Waals surface area contributed by atoms with Crippen molar-refractivity contribution in [1.29, 1.82) is 0 Å². The molecule has 1 aliphatic rings. The molecule has 2 aromatic rings. The number of ether oxygens (including phenoxy) is 1. The van der Waals surface area contributed by atoms with Crippen LogP contribution in [-0.4, -0.2) is 12.9 Å². The summed E-state index contributed by atoms with van der Waals surface area (Å²) in [4.78, 5) is 12.4. The van der Waals surface area contributed by atoms with Crippen LogP contribution in [-0.2, 0) is 4.74 Å². The number of hydrogen-bond acceptors (Lipinski definition) is 2. The second-order valence-corrected chi connectivity index (χ2v) is 4.72. The molecule has 0 unspecified atom stereocenters. The summed E-state index contributed by atoms with van der Waals surface area (Å²) in [6.45, 7) is 5.87. The van der Waals surface area contributed by atoms with E-state index in [1.54, 1.807) is 7.11 Å². The maximum absolute atomic E-state index is 12.4. The number of carbonyl (C=O) groups is 1. The van der Waals surface area contributed by atoms with Crippen molar-refractivity contribution in [2.24, 2.45) is 0 Å². The smallest absolute Gasteiger partial charge is 0.194 e. The summed E-state index contributed by atoms with van der Waals surface area (Å²) in [6, 6.07) is 11.6. The summed E-state index contributed by atoms with van der Waals surface area (Å²) >= 11 is 0. The molecular formula is C17H14O2. The van der Waals surface area contributed by atoms with E-state index in [1.165, 1.54) is 0 Å². The van der Waals surface area contributed by atoms with Gasteiger partial charge in [-0.3, -0.25) is 4.79 Å². The topological polar surface area (TPSA) is 26.3 Å². The fraction of sp³-hybridized carbons (Fsp3) is 0.118. The number of ketones is 1. The molecule has 1 aliphatic carbocycles. The van der Waals surface area contributed by atoms with Crippen molar-refractivity contribution in [2.45, 2.75) is 6.92 Å². The van der Waals surface area contributed by atoms with Crippen LogP contribution in [0, 0.1) is 6.92 Å². The zero-order valence-electron chi connectivity index (χ0n) is 11.0. The van der Waals surface area contributed by atoms with E-state index in [0.717, 1.165) is 33.4 Å². The number of aryl methyl sites for hydroxylation is 1. The van der Waals surface area contributed by atoms with Gasteiger partial charge in [-0.15, -0.1) is 0 Å². The number of hydrogen-bond donors (Lipinski definition) is 0. The lowest BCUT2D eigenvalue weighted by molar-refractivity contribution is 0.104. The number of carbonyl (C=O) groups excluding carboxylic acids is 1. The molecule has 0 heterocycles. The van der Waals surface area contributed by atoms with E-state index in [1.807, 2.05) is 43.3 Å². The van der Waals surface area contributed by atoms with Gasteiger partial charge in [0.05, 0.1) is 7.11 Å². The second kappa shape index (κ2) is 4.09. The minimum atomic E-state index is 0.0828. The lowest BCUT2D eigenvalue weighted by Crippen LogP contribution is -1.97. The quantitative estimate of drug-likeness (QED) is 0.646. The highest BCUT2D eigenvalue weighted by atomic mass is 16.5. The standard InChI is InChI=1S/C17H14O2/c1-10-8-12(11(2)19-3)9-15-16(10)13-6-4-5-7-14(13)17(15)18/h4-9H,2H2,1,3H3. The van der Waals surface area contributed by atoms with Gasteiger partial charge in [-0.25, -0.2) is 0 Å². The Balaban J connectivity index is 2.28. The zero-order chi connectivity index (χ0) is 13.6. The summed E-state index contributed by atoms with van der Waals surface area (Å²) in [5, 5.41) is 0. The number of fused-ring (bicyclic) bond motifs is 3. The van der Waals surface area contributed by atoms with Crippen LogP contribution in [0.15, 0.2) is 43.0 Å². The first-order valence-corrected chi connectivity index (χ1v) is 6.15. The molecule has 0 bridgehead atoms. The van der Waals surface area contributed by atoms with Crippen molar-refractivity contribution in [3.63, 3.8) is 0 Å². The minimum absolute atomic E-state index is 0.0828. The highest BCUT2D eigenvalue weighted by Gasteiger charge is 2.28. The van der Waals surface area contributed by atoms with Crippen molar-refractivity contribution in [1.82, 2.24) is 0 Å². The minimum Gasteiger partial charge on any atom is -0.497 e. The van der Waals surface area contributed by atoms with Crippen LogP contribution in [0.3, 0.4) is 0 Å². The Morgan fingerprint density at radius 3 is 2.47 bits per heavy atom. The molecule has 0 aromatic heterocycles. The largest absolute Gasteiger partial charge is 0.497 e. The first kappa shape index (κ1) is 11.7. The molecule has 2 aromatic carbocycles. The third-order valence-corrected chi connectivity index (χ3v) is 3.59. The summed E-state index contributed by atoms with van der Waals surface area (Å²) in [7, 11) is 1.58. The third kappa shape index (κ3) is 1.60. The Morgan fingerprint density at radius 1 is 1.11 bits per heavy atom. The summed E-state index contributed by atoms with van der Waals surface area (Å²) in [5.41, 5.74) is 5.52. The van der Waals surface area contributed by atoms with Crippen LogP contribution in [0.25, 0.3) is 16.9 Å². The van der Waals surface area contributed by atoms with Gasteiger partial charge in [-0.05, 0) is 35.7 Å². The van der Waals surface area contributed by atoms with Crippen LogP contribution >= 0.6 is 0 Å². The molecule has 0 saturated carbocycles. The van der Waals surface area contributed by atoms with Gasteiger partial charge in [0.15, 0.2) is 5.78 Å². The van der Waals surface area contributed by atoms with Crippen molar-refractivity contribution in [2.75, 3.05) is 7.11 Å². The summed E-state index contributed by atoms with van der Waals surface area (Å²) in [6.07, 6.45) is 0. The van der Waals surface area contributed by atoms with Crippen molar-refractivity contribution in [3.05, 3.63) is 65.2 Å². The Bertz CT molecular complexity index is 711. The first-order valence-electron chi connectivity index (χ1n) is 6.15. The van der Waals surface area contributed by atoms with Crippen LogP contribution in [0.2, 0.25) is 0 Å². The van der Waals surface area contributed by atoms with Gasteiger partial charge in [0.2, 0.25) is 0 Å². The van der Waals surface area contributed by atoms with Crippen LogP contribution in [0.4, 0.5) is 0 Å². The van der Waals surface area contributed by atoms with Crippen molar-refractivity contribution >= 4 is 11.5 Å². The molecule has 0 atom stereocenters. The number of benzene rings is 2. The van der Waals surface area contributed by atoms with E-state index in [9.17, 15) is 4.79 Å². The molecule has 2 nitrogen and oxygen atoms in total. The molecule has 0 N–H and O–H groups in total.